The highest BCUT2D eigenvalue weighted by Crippen LogP contribution is 2.23. The lowest BCUT2D eigenvalue weighted by Crippen LogP contribution is -2.50. The Hall–Kier alpha value is -2.52. The van der Waals surface area contributed by atoms with Crippen LogP contribution in [0.1, 0.15) is 21.6 Å². The van der Waals surface area contributed by atoms with Crippen LogP contribution in [-0.2, 0) is 10.0 Å². The zero-order valence-electron chi connectivity index (χ0n) is 14.7. The molecular weight excluding hydrogens is 354 g/mol. The van der Waals surface area contributed by atoms with Gasteiger partial charge in [-0.1, -0.05) is 12.1 Å². The van der Waals surface area contributed by atoms with E-state index in [1.54, 1.807) is 24.0 Å². The number of rotatable bonds is 3. The molecule has 2 heterocycles. The van der Waals surface area contributed by atoms with Gasteiger partial charge in [0.05, 0.1) is 4.90 Å². The fourth-order valence-electron chi connectivity index (χ4n) is 2.92. The lowest BCUT2D eigenvalue weighted by molar-refractivity contribution is 0.0692. The first kappa shape index (κ1) is 18.3. The minimum absolute atomic E-state index is 0.0722. The molecule has 8 nitrogen and oxygen atoms in total. The predicted octanol–water partition coefficient (Wildman–Crippen LogP) is 0.822. The van der Waals surface area contributed by atoms with Crippen molar-refractivity contribution in [3.63, 3.8) is 0 Å². The number of carbonyl (C=O) groups excluding carboxylic acids is 1. The van der Waals surface area contributed by atoms with E-state index >= 15 is 0 Å². The number of aromatic nitrogens is 2. The minimum Gasteiger partial charge on any atom is -0.382 e. The van der Waals surface area contributed by atoms with Crippen LogP contribution < -0.4 is 5.73 Å². The molecule has 0 unspecified atom stereocenters. The molecule has 1 aliphatic rings. The fraction of sp³-hybridized carbons (Fsp3) is 0.353. The van der Waals surface area contributed by atoms with Gasteiger partial charge >= 0.3 is 0 Å². The van der Waals surface area contributed by atoms with Crippen molar-refractivity contribution >= 4 is 21.7 Å². The number of nitrogen functional groups attached to an aromatic ring is 1. The number of nitrogens with two attached hydrogens (primary N) is 1. The number of nitrogens with zero attached hydrogens (tertiary/aromatic N) is 4. The van der Waals surface area contributed by atoms with Crippen LogP contribution in [0.5, 0.6) is 0 Å². The Morgan fingerprint density at radius 1 is 1.08 bits per heavy atom. The average molecular weight is 375 g/mol. The summed E-state index contributed by atoms with van der Waals surface area (Å²) in [4.78, 5) is 22.2. The number of amides is 1. The van der Waals surface area contributed by atoms with Crippen LogP contribution in [0.25, 0.3) is 0 Å². The third kappa shape index (κ3) is 3.40. The van der Waals surface area contributed by atoms with Crippen LogP contribution in [0, 0.1) is 13.8 Å². The van der Waals surface area contributed by atoms with E-state index in [9.17, 15) is 13.2 Å². The predicted molar refractivity (Wildman–Crippen MR) is 97.0 cm³/mol. The molecule has 1 saturated heterocycles. The smallest absolute Gasteiger partial charge is 0.276 e. The van der Waals surface area contributed by atoms with Crippen molar-refractivity contribution < 1.29 is 13.2 Å². The number of carbonyl (C=O) groups is 1. The summed E-state index contributed by atoms with van der Waals surface area (Å²) in [6.07, 6.45) is 2.83. The van der Waals surface area contributed by atoms with Crippen molar-refractivity contribution in [3.8, 4) is 0 Å². The van der Waals surface area contributed by atoms with E-state index in [0.29, 0.717) is 10.5 Å². The Labute approximate surface area is 152 Å². The van der Waals surface area contributed by atoms with Crippen LogP contribution in [-0.4, -0.2) is 59.7 Å². The maximum atomic E-state index is 12.9. The summed E-state index contributed by atoms with van der Waals surface area (Å²) in [5.41, 5.74) is 7.40. The number of aryl methyl sites for hydroxylation is 2. The zero-order valence-corrected chi connectivity index (χ0v) is 15.5. The Morgan fingerprint density at radius 2 is 1.73 bits per heavy atom. The Kier molecular flexibility index (Phi) is 4.92. The van der Waals surface area contributed by atoms with Gasteiger partial charge in [0, 0.05) is 38.6 Å². The largest absolute Gasteiger partial charge is 0.382 e. The molecule has 0 bridgehead atoms. The Balaban J connectivity index is 1.75. The number of anilines is 1. The van der Waals surface area contributed by atoms with Gasteiger partial charge in [0.2, 0.25) is 10.0 Å². The molecular formula is C17H21N5O3S. The van der Waals surface area contributed by atoms with Gasteiger partial charge in [-0.25, -0.2) is 18.4 Å². The van der Waals surface area contributed by atoms with Gasteiger partial charge in [0.15, 0.2) is 11.5 Å². The van der Waals surface area contributed by atoms with E-state index in [4.69, 9.17) is 5.73 Å². The molecule has 9 heteroatoms. The van der Waals surface area contributed by atoms with Gasteiger partial charge in [-0.15, -0.1) is 0 Å². The van der Waals surface area contributed by atoms with Crippen molar-refractivity contribution in [1.82, 2.24) is 19.2 Å². The number of piperazine rings is 1. The first-order valence-electron chi connectivity index (χ1n) is 8.24. The molecule has 1 aromatic carbocycles. The van der Waals surface area contributed by atoms with E-state index in [2.05, 4.69) is 9.97 Å². The normalized spacial score (nSPS) is 15.8. The summed E-state index contributed by atoms with van der Waals surface area (Å²) in [5.74, 6) is -0.262. The molecule has 2 aromatic rings. The molecule has 0 aliphatic carbocycles. The topological polar surface area (TPSA) is 109 Å². The lowest BCUT2D eigenvalue weighted by Gasteiger charge is -2.34. The first-order valence-corrected chi connectivity index (χ1v) is 9.68. The number of benzene rings is 1. The van der Waals surface area contributed by atoms with E-state index in [-0.39, 0.29) is 43.6 Å². The molecule has 0 atom stereocenters. The van der Waals surface area contributed by atoms with E-state index in [1.807, 2.05) is 13.0 Å². The summed E-state index contributed by atoms with van der Waals surface area (Å²) >= 11 is 0. The van der Waals surface area contributed by atoms with Crippen LogP contribution >= 0.6 is 0 Å². The highest BCUT2D eigenvalue weighted by Gasteiger charge is 2.32. The second-order valence-electron chi connectivity index (χ2n) is 6.26. The summed E-state index contributed by atoms with van der Waals surface area (Å²) in [6, 6.07) is 5.37. The molecule has 0 spiro atoms. The van der Waals surface area contributed by atoms with Crippen molar-refractivity contribution in [1.29, 1.82) is 0 Å². The molecule has 0 radical (unpaired) electrons. The van der Waals surface area contributed by atoms with Gasteiger partial charge in [-0.2, -0.15) is 4.31 Å². The van der Waals surface area contributed by atoms with Gasteiger partial charge in [-0.05, 0) is 31.0 Å². The standard InChI is InChI=1S/C17H21N5O3S/c1-12-3-4-13(2)14(11-12)26(24,25)22-9-7-21(8-10-22)17(23)15-16(18)20-6-5-19-15/h3-6,11H,7-10H2,1-2H3,(H2,18,20). The van der Waals surface area contributed by atoms with Crippen molar-refractivity contribution in [2.24, 2.45) is 0 Å². The second-order valence-corrected chi connectivity index (χ2v) is 8.16. The minimum atomic E-state index is -3.59. The SMILES string of the molecule is Cc1ccc(C)c(S(=O)(=O)N2CCN(C(=O)c3nccnc3N)CC2)c1. The van der Waals surface area contributed by atoms with Crippen LogP contribution in [0.3, 0.4) is 0 Å². The molecule has 138 valence electrons. The van der Waals surface area contributed by atoms with Crippen LogP contribution in [0.2, 0.25) is 0 Å². The first-order chi connectivity index (χ1) is 12.3. The molecule has 1 aliphatic heterocycles. The average Bonchev–Trinajstić information content (AvgIpc) is 2.63. The maximum absolute atomic E-state index is 12.9. The van der Waals surface area contributed by atoms with Gasteiger partial charge in [-0.3, -0.25) is 4.79 Å². The van der Waals surface area contributed by atoms with Crippen LogP contribution in [0.4, 0.5) is 5.82 Å². The fourth-order valence-corrected chi connectivity index (χ4v) is 4.65. The summed E-state index contributed by atoms with van der Waals surface area (Å²) in [5, 5.41) is 0. The molecule has 1 aromatic heterocycles. The molecule has 0 saturated carbocycles. The van der Waals surface area contributed by atoms with Crippen molar-refractivity contribution in [2.75, 3.05) is 31.9 Å². The highest BCUT2D eigenvalue weighted by molar-refractivity contribution is 7.89. The Bertz CT molecular complexity index is 937. The molecule has 2 N–H and O–H groups in total. The summed E-state index contributed by atoms with van der Waals surface area (Å²) < 4.78 is 27.3. The van der Waals surface area contributed by atoms with Gasteiger partial charge in [0.1, 0.15) is 0 Å². The van der Waals surface area contributed by atoms with E-state index in [1.165, 1.54) is 16.7 Å². The third-order valence-corrected chi connectivity index (χ3v) is 6.46. The monoisotopic (exact) mass is 375 g/mol. The summed E-state index contributed by atoms with van der Waals surface area (Å²) in [7, 11) is -3.59. The Morgan fingerprint density at radius 3 is 2.38 bits per heavy atom. The quantitative estimate of drug-likeness (QED) is 0.851. The maximum Gasteiger partial charge on any atom is 0.276 e. The molecule has 26 heavy (non-hydrogen) atoms. The lowest BCUT2D eigenvalue weighted by atomic mass is 10.2. The number of sulfonamides is 1. The number of hydrogen-bond donors (Lipinski definition) is 1. The van der Waals surface area contributed by atoms with Crippen LogP contribution in [0.15, 0.2) is 35.5 Å². The van der Waals surface area contributed by atoms with Crippen molar-refractivity contribution in [2.45, 2.75) is 18.7 Å². The van der Waals surface area contributed by atoms with Crippen molar-refractivity contribution in [3.05, 3.63) is 47.4 Å². The molecule has 1 amide bonds. The van der Waals surface area contributed by atoms with E-state index in [0.717, 1.165) is 5.56 Å². The number of hydrogen-bond acceptors (Lipinski definition) is 6. The third-order valence-electron chi connectivity index (χ3n) is 4.42. The summed E-state index contributed by atoms with van der Waals surface area (Å²) in [6.45, 7) is 4.64. The van der Waals surface area contributed by atoms with Gasteiger partial charge < -0.3 is 10.6 Å². The highest BCUT2D eigenvalue weighted by atomic mass is 32.2. The molecule has 3 rings (SSSR count). The zero-order chi connectivity index (χ0) is 18.9. The van der Waals surface area contributed by atoms with Gasteiger partial charge in [0.25, 0.3) is 5.91 Å². The van der Waals surface area contributed by atoms with E-state index < -0.39 is 10.0 Å². The second kappa shape index (κ2) is 7.00. The molecule has 1 fully saturated rings.